The maximum Gasteiger partial charge on any atom is 0.122 e. The minimum atomic E-state index is 0.619. The Kier molecular flexibility index (Phi) is 4.99. The van der Waals surface area contributed by atoms with Crippen LogP contribution in [0.25, 0.3) is 0 Å². The highest BCUT2D eigenvalue weighted by molar-refractivity contribution is 4.95. The van der Waals surface area contributed by atoms with E-state index in [-0.39, 0.29) is 0 Å². The molecule has 19 heavy (non-hydrogen) atoms. The molecule has 108 valence electrons. The highest BCUT2D eigenvalue weighted by Crippen LogP contribution is 2.30. The van der Waals surface area contributed by atoms with Gasteiger partial charge in [-0.25, -0.2) is 4.98 Å². The van der Waals surface area contributed by atoms with Gasteiger partial charge in [-0.05, 0) is 39.3 Å². The first kappa shape index (κ1) is 14.5. The van der Waals surface area contributed by atoms with Crippen molar-refractivity contribution in [3.63, 3.8) is 0 Å². The standard InChI is InChI=1S/C15H28N4/c1-5-12-6-7-13(16-2)14(10-12)19(4)11-15-17-8-9-18(15)3/h8-9,12-14,16H,5-7,10-11H2,1-4H3. The molecule has 1 aromatic rings. The Morgan fingerprint density at radius 1 is 1.47 bits per heavy atom. The molecule has 0 spiro atoms. The monoisotopic (exact) mass is 264 g/mol. The third kappa shape index (κ3) is 3.37. The normalized spacial score (nSPS) is 27.9. The lowest BCUT2D eigenvalue weighted by Gasteiger charge is -2.41. The summed E-state index contributed by atoms with van der Waals surface area (Å²) in [6.45, 7) is 3.25. The van der Waals surface area contributed by atoms with E-state index in [0.29, 0.717) is 12.1 Å². The van der Waals surface area contributed by atoms with E-state index in [2.05, 4.69) is 47.8 Å². The van der Waals surface area contributed by atoms with Crippen molar-refractivity contribution >= 4 is 0 Å². The van der Waals surface area contributed by atoms with Crippen LogP contribution in [0.15, 0.2) is 12.4 Å². The van der Waals surface area contributed by atoms with Crippen molar-refractivity contribution in [2.45, 2.75) is 51.2 Å². The fraction of sp³-hybridized carbons (Fsp3) is 0.800. The zero-order valence-electron chi connectivity index (χ0n) is 12.8. The maximum absolute atomic E-state index is 4.44. The van der Waals surface area contributed by atoms with E-state index >= 15 is 0 Å². The SMILES string of the molecule is CCC1CCC(NC)C(N(C)Cc2nccn2C)C1. The number of likely N-dealkylation sites (N-methyl/N-ethyl adjacent to an activating group) is 2. The van der Waals surface area contributed by atoms with Crippen LogP contribution in [0.4, 0.5) is 0 Å². The molecule has 0 aliphatic heterocycles. The molecule has 1 aliphatic rings. The lowest BCUT2D eigenvalue weighted by atomic mass is 9.80. The zero-order valence-corrected chi connectivity index (χ0v) is 12.8. The summed E-state index contributed by atoms with van der Waals surface area (Å²) in [5.74, 6) is 2.04. The first-order chi connectivity index (χ1) is 9.15. The van der Waals surface area contributed by atoms with Gasteiger partial charge in [-0.1, -0.05) is 13.3 Å². The number of hydrogen-bond donors (Lipinski definition) is 1. The van der Waals surface area contributed by atoms with Gasteiger partial charge in [0.15, 0.2) is 0 Å². The average molecular weight is 264 g/mol. The van der Waals surface area contributed by atoms with Gasteiger partial charge in [0, 0.05) is 31.5 Å². The maximum atomic E-state index is 4.44. The fourth-order valence-electron chi connectivity index (χ4n) is 3.32. The highest BCUT2D eigenvalue weighted by Gasteiger charge is 2.31. The molecule has 1 aliphatic carbocycles. The predicted octanol–water partition coefficient (Wildman–Crippen LogP) is 2.02. The number of hydrogen-bond acceptors (Lipinski definition) is 3. The molecule has 0 bridgehead atoms. The van der Waals surface area contributed by atoms with E-state index < -0.39 is 0 Å². The minimum Gasteiger partial charge on any atom is -0.337 e. The van der Waals surface area contributed by atoms with Gasteiger partial charge in [0.05, 0.1) is 6.54 Å². The third-order valence-electron chi connectivity index (χ3n) is 4.75. The molecule has 3 atom stereocenters. The predicted molar refractivity (Wildman–Crippen MR) is 78.9 cm³/mol. The second kappa shape index (κ2) is 6.53. The molecule has 4 heteroatoms. The highest BCUT2D eigenvalue weighted by atomic mass is 15.2. The van der Waals surface area contributed by atoms with Crippen molar-refractivity contribution in [1.29, 1.82) is 0 Å². The van der Waals surface area contributed by atoms with Crippen molar-refractivity contribution in [3.05, 3.63) is 18.2 Å². The van der Waals surface area contributed by atoms with Gasteiger partial charge in [-0.2, -0.15) is 0 Å². The van der Waals surface area contributed by atoms with Gasteiger partial charge >= 0.3 is 0 Å². The van der Waals surface area contributed by atoms with Gasteiger partial charge in [0.2, 0.25) is 0 Å². The van der Waals surface area contributed by atoms with E-state index in [1.807, 2.05) is 12.4 Å². The second-order valence-corrected chi connectivity index (χ2v) is 5.92. The second-order valence-electron chi connectivity index (χ2n) is 5.92. The van der Waals surface area contributed by atoms with Crippen molar-refractivity contribution in [3.8, 4) is 0 Å². The van der Waals surface area contributed by atoms with Crippen LogP contribution in [-0.2, 0) is 13.6 Å². The van der Waals surface area contributed by atoms with E-state index in [1.54, 1.807) is 0 Å². The number of rotatable bonds is 5. The van der Waals surface area contributed by atoms with Crippen LogP contribution in [0.1, 0.15) is 38.4 Å². The number of aryl methyl sites for hydroxylation is 1. The van der Waals surface area contributed by atoms with Gasteiger partial charge < -0.3 is 9.88 Å². The summed E-state index contributed by atoms with van der Waals surface area (Å²) in [6.07, 6.45) is 9.19. The average Bonchev–Trinajstić information content (AvgIpc) is 2.83. The summed E-state index contributed by atoms with van der Waals surface area (Å²) < 4.78 is 2.12. The van der Waals surface area contributed by atoms with Gasteiger partial charge in [-0.3, -0.25) is 4.90 Å². The Morgan fingerprint density at radius 2 is 2.26 bits per heavy atom. The summed E-state index contributed by atoms with van der Waals surface area (Å²) in [5, 5.41) is 3.50. The molecular formula is C15H28N4. The van der Waals surface area contributed by atoms with Crippen LogP contribution >= 0.6 is 0 Å². The smallest absolute Gasteiger partial charge is 0.122 e. The first-order valence-electron chi connectivity index (χ1n) is 7.49. The summed E-state index contributed by atoms with van der Waals surface area (Å²) in [4.78, 5) is 6.92. The fourth-order valence-corrected chi connectivity index (χ4v) is 3.32. The first-order valence-corrected chi connectivity index (χ1v) is 7.49. The molecule has 4 nitrogen and oxygen atoms in total. The Labute approximate surface area is 117 Å². The van der Waals surface area contributed by atoms with Crippen LogP contribution in [0.5, 0.6) is 0 Å². The van der Waals surface area contributed by atoms with Crippen LogP contribution in [0.2, 0.25) is 0 Å². The van der Waals surface area contributed by atoms with Gasteiger partial charge in [0.1, 0.15) is 5.82 Å². The molecular weight excluding hydrogens is 236 g/mol. The summed E-state index contributed by atoms with van der Waals surface area (Å²) in [6, 6.07) is 1.24. The Morgan fingerprint density at radius 3 is 2.84 bits per heavy atom. The molecule has 0 saturated heterocycles. The summed E-state index contributed by atoms with van der Waals surface area (Å²) in [7, 11) is 6.40. The molecule has 0 aromatic carbocycles. The number of imidazole rings is 1. The van der Waals surface area contributed by atoms with E-state index in [4.69, 9.17) is 0 Å². The number of nitrogens with one attached hydrogen (secondary N) is 1. The third-order valence-corrected chi connectivity index (χ3v) is 4.75. The lowest BCUT2D eigenvalue weighted by Crippen LogP contribution is -2.50. The van der Waals surface area contributed by atoms with E-state index in [0.717, 1.165) is 18.3 Å². The quantitative estimate of drug-likeness (QED) is 0.883. The molecule has 2 rings (SSSR count). The van der Waals surface area contributed by atoms with Crippen LogP contribution in [0.3, 0.4) is 0 Å². The molecule has 1 fully saturated rings. The molecule has 0 radical (unpaired) electrons. The Hall–Kier alpha value is -0.870. The van der Waals surface area contributed by atoms with Gasteiger partial charge in [-0.15, -0.1) is 0 Å². The molecule has 1 heterocycles. The number of nitrogens with zero attached hydrogens (tertiary/aromatic N) is 3. The topological polar surface area (TPSA) is 33.1 Å². The Balaban J connectivity index is 2.02. The molecule has 1 saturated carbocycles. The van der Waals surface area contributed by atoms with Crippen molar-refractivity contribution < 1.29 is 0 Å². The van der Waals surface area contributed by atoms with E-state index in [9.17, 15) is 0 Å². The Bertz CT molecular complexity index is 387. The minimum absolute atomic E-state index is 0.619. The molecule has 1 N–H and O–H groups in total. The van der Waals surface area contributed by atoms with Crippen molar-refractivity contribution in [1.82, 2.24) is 19.8 Å². The van der Waals surface area contributed by atoms with Crippen LogP contribution in [0, 0.1) is 5.92 Å². The van der Waals surface area contributed by atoms with Crippen LogP contribution in [-0.4, -0.2) is 40.6 Å². The van der Waals surface area contributed by atoms with E-state index in [1.165, 1.54) is 25.7 Å². The van der Waals surface area contributed by atoms with Crippen LogP contribution < -0.4 is 5.32 Å². The molecule has 1 aromatic heterocycles. The summed E-state index contributed by atoms with van der Waals surface area (Å²) >= 11 is 0. The zero-order chi connectivity index (χ0) is 13.8. The van der Waals surface area contributed by atoms with Gasteiger partial charge in [0.25, 0.3) is 0 Å². The van der Waals surface area contributed by atoms with Crippen molar-refractivity contribution in [2.75, 3.05) is 14.1 Å². The molecule has 3 unspecified atom stereocenters. The lowest BCUT2D eigenvalue weighted by molar-refractivity contribution is 0.113. The number of aromatic nitrogens is 2. The summed E-state index contributed by atoms with van der Waals surface area (Å²) in [5.41, 5.74) is 0. The van der Waals surface area contributed by atoms with Crippen molar-refractivity contribution in [2.24, 2.45) is 13.0 Å². The molecule has 0 amide bonds. The largest absolute Gasteiger partial charge is 0.337 e.